The van der Waals surface area contributed by atoms with Crippen molar-refractivity contribution in [3.05, 3.63) is 12.4 Å². The molecular weight excluding hydrogens is 183 g/mol. The van der Waals surface area contributed by atoms with E-state index < -0.39 is 11.7 Å². The van der Waals surface area contributed by atoms with Crippen LogP contribution in [0.5, 0.6) is 0 Å². The average Bonchev–Trinajstić information content (AvgIpc) is 1.96. The molecule has 14 heavy (non-hydrogen) atoms. The number of aliphatic imine (C=N–C) groups is 1. The number of alkyl carbamates (subject to hydrolysis) is 1. The number of carbonyl (C=O) groups is 1. The van der Waals surface area contributed by atoms with Crippen LogP contribution in [0.3, 0.4) is 0 Å². The van der Waals surface area contributed by atoms with Crippen LogP contribution < -0.4 is 5.32 Å². The molecule has 0 aliphatic heterocycles. The lowest BCUT2D eigenvalue weighted by molar-refractivity contribution is 0.0546. The van der Waals surface area contributed by atoms with Crippen LogP contribution in [-0.2, 0) is 9.39 Å². The highest BCUT2D eigenvalue weighted by Gasteiger charge is 2.15. The lowest BCUT2D eigenvalue weighted by Gasteiger charge is -2.19. The Morgan fingerprint density at radius 1 is 1.57 bits per heavy atom. The van der Waals surface area contributed by atoms with Crippen LogP contribution >= 0.6 is 0 Å². The molecule has 0 heterocycles. The van der Waals surface area contributed by atoms with E-state index in [2.05, 4.69) is 21.5 Å². The van der Waals surface area contributed by atoms with Crippen molar-refractivity contribution in [3.8, 4) is 0 Å². The fourth-order valence-corrected chi connectivity index (χ4v) is 0.570. The zero-order valence-corrected chi connectivity index (χ0v) is 8.96. The number of rotatable bonds is 3. The zero-order chi connectivity index (χ0) is 11.2. The third kappa shape index (κ3) is 7.21. The van der Waals surface area contributed by atoms with Crippen LogP contribution in [0.2, 0.25) is 0 Å². The van der Waals surface area contributed by atoms with Crippen molar-refractivity contribution in [3.63, 3.8) is 0 Å². The van der Waals surface area contributed by atoms with Gasteiger partial charge in [0.25, 0.3) is 0 Å². The van der Waals surface area contributed by atoms with Crippen LogP contribution in [0.25, 0.3) is 0 Å². The molecule has 5 nitrogen and oxygen atoms in total. The average molecular weight is 198 g/mol. The SMILES string of the molecule is BOC=NC(=C)NC(=O)OC(C)(C)C. The van der Waals surface area contributed by atoms with Gasteiger partial charge >= 0.3 is 14.1 Å². The van der Waals surface area contributed by atoms with E-state index in [0.29, 0.717) is 0 Å². The second kappa shape index (κ2) is 5.31. The van der Waals surface area contributed by atoms with Crippen LogP contribution in [-0.4, -0.2) is 26.1 Å². The molecule has 0 saturated heterocycles. The summed E-state index contributed by atoms with van der Waals surface area (Å²) in [7, 11) is 1.45. The van der Waals surface area contributed by atoms with Gasteiger partial charge in [0.1, 0.15) is 11.4 Å². The van der Waals surface area contributed by atoms with Gasteiger partial charge in [-0.2, -0.15) is 0 Å². The van der Waals surface area contributed by atoms with E-state index in [-0.39, 0.29) is 5.82 Å². The summed E-state index contributed by atoms with van der Waals surface area (Å²) < 4.78 is 9.51. The van der Waals surface area contributed by atoms with Gasteiger partial charge in [0.15, 0.2) is 6.40 Å². The van der Waals surface area contributed by atoms with Crippen LogP contribution in [0, 0.1) is 0 Å². The highest BCUT2D eigenvalue weighted by Crippen LogP contribution is 2.06. The Labute approximate surface area is 84.6 Å². The molecule has 1 amide bonds. The van der Waals surface area contributed by atoms with Crippen LogP contribution in [0.4, 0.5) is 4.79 Å². The third-order valence-corrected chi connectivity index (χ3v) is 0.959. The minimum atomic E-state index is -0.587. The minimum absolute atomic E-state index is 0.168. The molecule has 1 N–H and O–H groups in total. The van der Waals surface area contributed by atoms with E-state index in [1.54, 1.807) is 20.8 Å². The lowest BCUT2D eigenvalue weighted by atomic mass is 10.2. The van der Waals surface area contributed by atoms with Gasteiger partial charge in [-0.25, -0.2) is 9.79 Å². The first-order chi connectivity index (χ1) is 6.35. The van der Waals surface area contributed by atoms with Gasteiger partial charge in [-0.3, -0.25) is 5.32 Å². The van der Waals surface area contributed by atoms with Gasteiger partial charge in [-0.15, -0.1) is 0 Å². The van der Waals surface area contributed by atoms with Crippen LogP contribution in [0.1, 0.15) is 20.8 Å². The molecule has 0 aromatic heterocycles. The molecule has 0 unspecified atom stereocenters. The Morgan fingerprint density at radius 3 is 2.57 bits per heavy atom. The summed E-state index contributed by atoms with van der Waals surface area (Å²) in [6, 6.07) is 0. The smallest absolute Gasteiger partial charge is 0.413 e. The van der Waals surface area contributed by atoms with E-state index in [4.69, 9.17) is 4.74 Å². The van der Waals surface area contributed by atoms with Crippen molar-refractivity contribution >= 4 is 20.5 Å². The zero-order valence-electron chi connectivity index (χ0n) is 8.96. The van der Waals surface area contributed by atoms with E-state index in [1.165, 1.54) is 14.4 Å². The monoisotopic (exact) mass is 198 g/mol. The summed E-state index contributed by atoms with van der Waals surface area (Å²) in [4.78, 5) is 14.8. The standard InChI is InChI=1S/C8H15BN2O3/c1-6(10-5-13-9)11-7(12)14-8(2,3)4/h5H,1,9H2,2-4H3,(H,11,12). The molecule has 6 heteroatoms. The predicted octanol–water partition coefficient (Wildman–Crippen LogP) is 0.575. The summed E-state index contributed by atoms with van der Waals surface area (Å²) in [6.45, 7) is 8.79. The summed E-state index contributed by atoms with van der Waals surface area (Å²) in [6.07, 6.45) is 0.579. The van der Waals surface area contributed by atoms with Crippen molar-refractivity contribution in [1.29, 1.82) is 0 Å². The molecule has 0 bridgehead atoms. The molecular formula is C8H15BN2O3. The molecule has 0 aromatic carbocycles. The maximum Gasteiger partial charge on any atom is 0.413 e. The molecule has 0 saturated carbocycles. The quantitative estimate of drug-likeness (QED) is 0.409. The Balaban J connectivity index is 3.95. The van der Waals surface area contributed by atoms with E-state index in [0.717, 1.165) is 0 Å². The summed E-state index contributed by atoms with van der Waals surface area (Å²) >= 11 is 0. The molecule has 0 radical (unpaired) electrons. The van der Waals surface area contributed by atoms with Gasteiger partial charge in [-0.05, 0) is 20.8 Å². The first-order valence-corrected chi connectivity index (χ1v) is 4.09. The molecule has 0 aliphatic rings. The minimum Gasteiger partial charge on any atom is -0.560 e. The van der Waals surface area contributed by atoms with Gasteiger partial charge in [0.05, 0.1) is 0 Å². The van der Waals surface area contributed by atoms with Crippen LogP contribution in [0.15, 0.2) is 17.4 Å². The van der Waals surface area contributed by atoms with Crippen molar-refractivity contribution in [2.75, 3.05) is 0 Å². The van der Waals surface area contributed by atoms with E-state index in [9.17, 15) is 4.79 Å². The lowest BCUT2D eigenvalue weighted by Crippen LogP contribution is -2.31. The second-order valence-electron chi connectivity index (χ2n) is 3.54. The molecule has 0 spiro atoms. The maximum atomic E-state index is 11.1. The highest BCUT2D eigenvalue weighted by atomic mass is 16.6. The highest BCUT2D eigenvalue weighted by molar-refractivity contribution is 6.02. The third-order valence-electron chi connectivity index (χ3n) is 0.959. The van der Waals surface area contributed by atoms with Gasteiger partial charge in [0.2, 0.25) is 0 Å². The Morgan fingerprint density at radius 2 is 2.14 bits per heavy atom. The molecule has 0 fully saturated rings. The molecule has 78 valence electrons. The number of nitrogens with one attached hydrogen (secondary N) is 1. The topological polar surface area (TPSA) is 59.9 Å². The van der Waals surface area contributed by atoms with Crippen molar-refractivity contribution in [2.24, 2.45) is 4.99 Å². The predicted molar refractivity (Wildman–Crippen MR) is 56.6 cm³/mol. The molecule has 0 aliphatic carbocycles. The first-order valence-electron chi connectivity index (χ1n) is 4.09. The number of hydrogen-bond acceptors (Lipinski definition) is 4. The number of hydrogen-bond donors (Lipinski definition) is 1. The maximum absolute atomic E-state index is 11.1. The Bertz CT molecular complexity index is 245. The summed E-state index contributed by atoms with van der Waals surface area (Å²) in [5, 5.41) is 2.34. The fraction of sp³-hybridized carbons (Fsp3) is 0.500. The summed E-state index contributed by atoms with van der Waals surface area (Å²) in [5.41, 5.74) is -0.532. The Kier molecular flexibility index (Phi) is 4.76. The van der Waals surface area contributed by atoms with Gasteiger partial charge in [-0.1, -0.05) is 6.58 Å². The van der Waals surface area contributed by atoms with Gasteiger partial charge < -0.3 is 9.39 Å². The van der Waals surface area contributed by atoms with Crippen molar-refractivity contribution in [2.45, 2.75) is 26.4 Å². The number of carbonyl (C=O) groups excluding carboxylic acids is 1. The normalized spacial score (nSPS) is 11.1. The largest absolute Gasteiger partial charge is 0.560 e. The number of amides is 1. The van der Waals surface area contributed by atoms with E-state index >= 15 is 0 Å². The molecule has 0 rings (SSSR count). The van der Waals surface area contributed by atoms with E-state index in [1.807, 2.05) is 0 Å². The molecule has 0 atom stereocenters. The number of ether oxygens (including phenoxy) is 1. The molecule has 0 aromatic rings. The van der Waals surface area contributed by atoms with Crippen molar-refractivity contribution < 1.29 is 14.2 Å². The van der Waals surface area contributed by atoms with Gasteiger partial charge in [0, 0.05) is 0 Å². The second-order valence-corrected chi connectivity index (χ2v) is 3.54. The Hall–Kier alpha value is -1.46. The first kappa shape index (κ1) is 12.5. The fourth-order valence-electron chi connectivity index (χ4n) is 0.570. The number of nitrogens with zero attached hydrogens (tertiary/aromatic N) is 1. The summed E-state index contributed by atoms with van der Waals surface area (Å²) in [5.74, 6) is 0.168. The van der Waals surface area contributed by atoms with Crippen molar-refractivity contribution in [1.82, 2.24) is 5.32 Å².